The number of rotatable bonds is 2. The molecule has 0 aromatic heterocycles. The lowest BCUT2D eigenvalue weighted by atomic mass is 9.98. The smallest absolute Gasteiger partial charge is 0.235 e. The maximum Gasteiger partial charge on any atom is 0.235 e. The van der Waals surface area contributed by atoms with Crippen LogP contribution in [0.1, 0.15) is 17.5 Å². The van der Waals surface area contributed by atoms with Gasteiger partial charge in [-0.15, -0.1) is 0 Å². The fraction of sp³-hybridized carbons (Fsp3) is 0.400. The second-order valence-electron chi connectivity index (χ2n) is 4.06. The number of aryl methyl sites for hydroxylation is 1. The monoisotopic (exact) mass is 262 g/mol. The SMILES string of the molecule is O=S(=O)(Cl)CC1(O)CCc2ccc(O)cc21. The normalized spacial score (nSPS) is 24.4. The molecule has 0 spiro atoms. The van der Waals surface area contributed by atoms with E-state index >= 15 is 0 Å². The number of hydrogen-bond acceptors (Lipinski definition) is 4. The first-order valence-corrected chi connectivity index (χ1v) is 7.25. The molecule has 0 radical (unpaired) electrons. The summed E-state index contributed by atoms with van der Waals surface area (Å²) < 4.78 is 22.1. The summed E-state index contributed by atoms with van der Waals surface area (Å²) in [5.74, 6) is -0.524. The van der Waals surface area contributed by atoms with Crippen molar-refractivity contribution in [2.24, 2.45) is 0 Å². The number of aromatic hydroxyl groups is 1. The molecular formula is C10H11ClO4S. The summed E-state index contributed by atoms with van der Waals surface area (Å²) in [7, 11) is 1.38. The quantitative estimate of drug-likeness (QED) is 0.783. The third-order valence-corrected chi connectivity index (χ3v) is 3.96. The summed E-state index contributed by atoms with van der Waals surface area (Å²) in [4.78, 5) is 0. The third kappa shape index (κ3) is 2.16. The van der Waals surface area contributed by atoms with Crippen LogP contribution in [0.4, 0.5) is 0 Å². The summed E-state index contributed by atoms with van der Waals surface area (Å²) in [6.45, 7) is 0. The molecule has 1 aliphatic rings. The van der Waals surface area contributed by atoms with Crippen molar-refractivity contribution in [2.45, 2.75) is 18.4 Å². The van der Waals surface area contributed by atoms with E-state index in [9.17, 15) is 18.6 Å². The van der Waals surface area contributed by atoms with E-state index in [0.717, 1.165) is 5.56 Å². The minimum Gasteiger partial charge on any atom is -0.508 e. The van der Waals surface area contributed by atoms with Crippen molar-refractivity contribution >= 4 is 19.7 Å². The molecule has 1 aromatic carbocycles. The molecule has 16 heavy (non-hydrogen) atoms. The Morgan fingerprint density at radius 1 is 1.44 bits per heavy atom. The fourth-order valence-corrected chi connectivity index (χ4v) is 3.54. The Morgan fingerprint density at radius 3 is 2.75 bits per heavy atom. The minimum absolute atomic E-state index is 0.00560. The predicted octanol–water partition coefficient (Wildman–Crippen LogP) is 1.09. The first-order valence-electron chi connectivity index (χ1n) is 4.77. The number of fused-ring (bicyclic) bond motifs is 1. The van der Waals surface area contributed by atoms with Gasteiger partial charge in [-0.25, -0.2) is 8.42 Å². The zero-order valence-electron chi connectivity index (χ0n) is 8.35. The van der Waals surface area contributed by atoms with Crippen molar-refractivity contribution in [1.29, 1.82) is 0 Å². The maximum atomic E-state index is 11.0. The molecule has 1 atom stereocenters. The van der Waals surface area contributed by atoms with E-state index in [4.69, 9.17) is 10.7 Å². The van der Waals surface area contributed by atoms with Crippen LogP contribution in [0.3, 0.4) is 0 Å². The van der Waals surface area contributed by atoms with Crippen LogP contribution in [0, 0.1) is 0 Å². The Hall–Kier alpha value is -0.780. The number of hydrogen-bond donors (Lipinski definition) is 2. The standard InChI is InChI=1S/C10H11ClO4S/c11-16(14,15)6-10(13)4-3-7-1-2-8(12)5-9(7)10/h1-2,5,12-13H,3-4,6H2. The van der Waals surface area contributed by atoms with E-state index in [2.05, 4.69) is 0 Å². The Morgan fingerprint density at radius 2 is 2.12 bits per heavy atom. The van der Waals surface area contributed by atoms with Gasteiger partial charge >= 0.3 is 0 Å². The van der Waals surface area contributed by atoms with Crippen molar-refractivity contribution in [3.63, 3.8) is 0 Å². The van der Waals surface area contributed by atoms with E-state index in [1.807, 2.05) is 0 Å². The number of phenolic OH excluding ortho intramolecular Hbond substituents is 1. The summed E-state index contributed by atoms with van der Waals surface area (Å²) in [6.07, 6.45) is 0.885. The van der Waals surface area contributed by atoms with Gasteiger partial charge in [-0.1, -0.05) is 6.07 Å². The molecule has 4 nitrogen and oxygen atoms in total. The van der Waals surface area contributed by atoms with E-state index in [1.165, 1.54) is 12.1 Å². The molecule has 0 fully saturated rings. The summed E-state index contributed by atoms with van der Waals surface area (Å²) >= 11 is 0. The van der Waals surface area contributed by atoms with Gasteiger partial charge in [0.05, 0.1) is 5.75 Å². The number of aliphatic hydroxyl groups is 1. The lowest BCUT2D eigenvalue weighted by Gasteiger charge is -2.22. The highest BCUT2D eigenvalue weighted by molar-refractivity contribution is 8.13. The van der Waals surface area contributed by atoms with Gasteiger partial charge in [-0.05, 0) is 36.1 Å². The second-order valence-corrected chi connectivity index (χ2v) is 6.83. The summed E-state index contributed by atoms with van der Waals surface area (Å²) in [5.41, 5.74) is -0.174. The molecule has 0 amide bonds. The van der Waals surface area contributed by atoms with Gasteiger partial charge in [0.15, 0.2) is 0 Å². The zero-order valence-corrected chi connectivity index (χ0v) is 9.92. The van der Waals surface area contributed by atoms with Crippen molar-refractivity contribution < 1.29 is 18.6 Å². The molecule has 0 saturated carbocycles. The van der Waals surface area contributed by atoms with Crippen LogP contribution in [0.2, 0.25) is 0 Å². The van der Waals surface area contributed by atoms with Crippen LogP contribution in [-0.2, 0) is 21.1 Å². The van der Waals surface area contributed by atoms with Crippen molar-refractivity contribution in [2.75, 3.05) is 5.75 Å². The average molecular weight is 263 g/mol. The molecule has 0 heterocycles. The predicted molar refractivity (Wildman–Crippen MR) is 60.0 cm³/mol. The van der Waals surface area contributed by atoms with Gasteiger partial charge in [-0.3, -0.25) is 0 Å². The molecule has 1 aliphatic carbocycles. The van der Waals surface area contributed by atoms with Crippen molar-refractivity contribution in [3.05, 3.63) is 29.3 Å². The average Bonchev–Trinajstić information content (AvgIpc) is 2.41. The van der Waals surface area contributed by atoms with Gasteiger partial charge in [-0.2, -0.15) is 0 Å². The molecule has 0 aliphatic heterocycles. The lowest BCUT2D eigenvalue weighted by Crippen LogP contribution is -2.30. The molecule has 0 bridgehead atoms. The highest BCUT2D eigenvalue weighted by atomic mass is 35.7. The van der Waals surface area contributed by atoms with Gasteiger partial charge in [0.1, 0.15) is 11.4 Å². The van der Waals surface area contributed by atoms with E-state index < -0.39 is 20.4 Å². The van der Waals surface area contributed by atoms with Gasteiger partial charge < -0.3 is 10.2 Å². The van der Waals surface area contributed by atoms with Crippen LogP contribution < -0.4 is 0 Å². The largest absolute Gasteiger partial charge is 0.508 e. The molecule has 1 unspecified atom stereocenters. The number of halogens is 1. The fourth-order valence-electron chi connectivity index (χ4n) is 2.13. The molecule has 6 heteroatoms. The molecule has 2 rings (SSSR count). The minimum atomic E-state index is -3.78. The second kappa shape index (κ2) is 3.61. The number of benzene rings is 1. The summed E-state index contributed by atoms with van der Waals surface area (Å²) in [5, 5.41) is 19.6. The van der Waals surface area contributed by atoms with E-state index in [-0.39, 0.29) is 5.75 Å². The Labute approximate surface area is 97.9 Å². The zero-order chi connectivity index (χ0) is 12.0. The molecule has 0 saturated heterocycles. The van der Waals surface area contributed by atoms with Crippen LogP contribution in [-0.4, -0.2) is 24.4 Å². The third-order valence-electron chi connectivity index (χ3n) is 2.81. The highest BCUT2D eigenvalue weighted by Gasteiger charge is 2.40. The topological polar surface area (TPSA) is 74.6 Å². The Kier molecular flexibility index (Phi) is 2.64. The maximum absolute atomic E-state index is 11.0. The van der Waals surface area contributed by atoms with Crippen LogP contribution >= 0.6 is 10.7 Å². The van der Waals surface area contributed by atoms with Crippen molar-refractivity contribution in [3.8, 4) is 5.75 Å². The number of phenols is 1. The Bertz CT molecular complexity index is 526. The first-order chi connectivity index (χ1) is 7.30. The van der Waals surface area contributed by atoms with E-state index in [1.54, 1.807) is 6.07 Å². The molecule has 88 valence electrons. The van der Waals surface area contributed by atoms with Crippen LogP contribution in [0.5, 0.6) is 5.75 Å². The van der Waals surface area contributed by atoms with E-state index in [0.29, 0.717) is 18.4 Å². The molecular weight excluding hydrogens is 252 g/mol. The van der Waals surface area contributed by atoms with Gasteiger partial charge in [0.25, 0.3) is 0 Å². The highest BCUT2D eigenvalue weighted by Crippen LogP contribution is 2.39. The van der Waals surface area contributed by atoms with Crippen molar-refractivity contribution in [1.82, 2.24) is 0 Å². The van der Waals surface area contributed by atoms with Crippen LogP contribution in [0.25, 0.3) is 0 Å². The lowest BCUT2D eigenvalue weighted by molar-refractivity contribution is 0.0631. The van der Waals surface area contributed by atoms with Gasteiger partial charge in [0.2, 0.25) is 9.05 Å². The Balaban J connectivity index is 2.45. The van der Waals surface area contributed by atoms with Gasteiger partial charge in [0, 0.05) is 10.7 Å². The van der Waals surface area contributed by atoms with Crippen LogP contribution in [0.15, 0.2) is 18.2 Å². The molecule has 2 N–H and O–H groups in total. The first kappa shape index (κ1) is 11.7. The molecule has 1 aromatic rings. The summed E-state index contributed by atoms with van der Waals surface area (Å²) in [6, 6.07) is 4.59.